The van der Waals surface area contributed by atoms with Crippen molar-refractivity contribution in [2.24, 2.45) is 0 Å². The summed E-state index contributed by atoms with van der Waals surface area (Å²) >= 11 is 3.66. The van der Waals surface area contributed by atoms with Gasteiger partial charge in [0.2, 0.25) is 0 Å². The van der Waals surface area contributed by atoms with E-state index >= 15 is 0 Å². The van der Waals surface area contributed by atoms with Crippen LogP contribution in [0, 0.1) is 0 Å². The molecule has 8 bridgehead atoms. The molecule has 2 aromatic carbocycles. The smallest absolute Gasteiger partial charge is 0.123 e. The molecule has 3 aliphatic rings. The lowest BCUT2D eigenvalue weighted by Crippen LogP contribution is -2.31. The Balaban J connectivity index is 1.50. The fourth-order valence-electron chi connectivity index (χ4n) is 6.85. The van der Waals surface area contributed by atoms with Gasteiger partial charge in [-0.3, -0.25) is 0 Å². The van der Waals surface area contributed by atoms with Crippen LogP contribution < -0.4 is 0 Å². The molecular formula is C30H30N2S2. The van der Waals surface area contributed by atoms with Crippen LogP contribution in [0.1, 0.15) is 86.7 Å². The molecule has 172 valence electrons. The second-order valence-corrected chi connectivity index (χ2v) is 12.2. The minimum Gasteiger partial charge on any atom is -0.240 e. The first-order valence-electron chi connectivity index (χ1n) is 12.9. The van der Waals surface area contributed by atoms with E-state index < -0.39 is 0 Å². The molecule has 2 saturated carbocycles. The van der Waals surface area contributed by atoms with Gasteiger partial charge in [0.05, 0.1) is 11.4 Å². The molecule has 0 N–H and O–H groups in total. The van der Waals surface area contributed by atoms with E-state index in [1.54, 1.807) is 0 Å². The number of aromatic nitrogens is 2. The maximum atomic E-state index is 5.36. The van der Waals surface area contributed by atoms with Gasteiger partial charge in [-0.25, -0.2) is 9.97 Å². The lowest BCUT2D eigenvalue weighted by molar-refractivity contribution is 0.339. The van der Waals surface area contributed by atoms with Crippen LogP contribution in [0.5, 0.6) is 0 Å². The topological polar surface area (TPSA) is 25.8 Å². The van der Waals surface area contributed by atoms with Gasteiger partial charge in [0, 0.05) is 32.7 Å². The maximum Gasteiger partial charge on any atom is 0.123 e. The molecule has 2 nitrogen and oxygen atoms in total. The molecule has 0 saturated heterocycles. The second-order valence-electron chi connectivity index (χ2n) is 10.5. The largest absolute Gasteiger partial charge is 0.240 e. The van der Waals surface area contributed by atoms with Crippen LogP contribution in [0.25, 0.3) is 21.1 Å². The van der Waals surface area contributed by atoms with Crippen LogP contribution in [0.15, 0.2) is 59.3 Å². The van der Waals surface area contributed by atoms with E-state index in [0.29, 0.717) is 0 Å². The van der Waals surface area contributed by atoms with E-state index in [0.717, 1.165) is 0 Å². The van der Waals surface area contributed by atoms with Crippen molar-refractivity contribution in [2.45, 2.75) is 75.0 Å². The summed E-state index contributed by atoms with van der Waals surface area (Å²) in [4.78, 5) is 10.7. The van der Waals surface area contributed by atoms with Crippen LogP contribution in [0.3, 0.4) is 0 Å². The molecule has 4 aromatic rings. The molecule has 3 heterocycles. The van der Waals surface area contributed by atoms with E-state index in [1.807, 2.05) is 22.7 Å². The Hall–Kier alpha value is -2.30. The summed E-state index contributed by atoms with van der Waals surface area (Å²) < 4.78 is 0. The van der Waals surface area contributed by atoms with Crippen molar-refractivity contribution in [1.29, 1.82) is 0 Å². The first kappa shape index (κ1) is 21.0. The molecule has 2 fully saturated rings. The molecule has 4 heteroatoms. The monoisotopic (exact) mass is 482 g/mol. The fourth-order valence-corrected chi connectivity index (χ4v) is 8.68. The van der Waals surface area contributed by atoms with Crippen molar-refractivity contribution in [2.75, 3.05) is 0 Å². The summed E-state index contributed by atoms with van der Waals surface area (Å²) in [6.07, 6.45) is 12.5. The van der Waals surface area contributed by atoms with Gasteiger partial charge in [0.1, 0.15) is 10.0 Å². The van der Waals surface area contributed by atoms with Crippen LogP contribution in [-0.4, -0.2) is 9.97 Å². The Morgan fingerprint density at radius 2 is 1.00 bits per heavy atom. The molecule has 34 heavy (non-hydrogen) atoms. The molecule has 0 unspecified atom stereocenters. The third-order valence-electron chi connectivity index (χ3n) is 8.73. The number of benzene rings is 2. The van der Waals surface area contributed by atoms with Crippen molar-refractivity contribution < 1.29 is 0 Å². The minimum atomic E-state index is 0.0232. The van der Waals surface area contributed by atoms with Crippen LogP contribution in [0.2, 0.25) is 0 Å². The van der Waals surface area contributed by atoms with Gasteiger partial charge in [-0.2, -0.15) is 0 Å². The zero-order valence-electron chi connectivity index (χ0n) is 19.6. The summed E-state index contributed by atoms with van der Waals surface area (Å²) in [6.45, 7) is 0. The molecule has 0 radical (unpaired) electrons. The van der Waals surface area contributed by atoms with Crippen molar-refractivity contribution in [3.05, 3.63) is 81.8 Å². The Bertz CT molecular complexity index is 1230. The van der Waals surface area contributed by atoms with Gasteiger partial charge in [-0.05, 0) is 48.9 Å². The number of hydrogen-bond donors (Lipinski definition) is 0. The Morgan fingerprint density at radius 3 is 1.44 bits per heavy atom. The van der Waals surface area contributed by atoms with E-state index in [9.17, 15) is 0 Å². The molecule has 7 rings (SSSR count). The quantitative estimate of drug-likeness (QED) is 0.250. The van der Waals surface area contributed by atoms with E-state index in [2.05, 4.69) is 59.3 Å². The zero-order valence-corrected chi connectivity index (χ0v) is 21.2. The van der Waals surface area contributed by atoms with Gasteiger partial charge < -0.3 is 0 Å². The van der Waals surface area contributed by atoms with Gasteiger partial charge in [0.15, 0.2) is 0 Å². The highest BCUT2D eigenvalue weighted by Crippen LogP contribution is 2.49. The molecule has 2 spiro atoms. The van der Waals surface area contributed by atoms with Gasteiger partial charge in [0.25, 0.3) is 0 Å². The van der Waals surface area contributed by atoms with Crippen LogP contribution in [-0.2, 0) is 10.8 Å². The lowest BCUT2D eigenvalue weighted by atomic mass is 9.67. The van der Waals surface area contributed by atoms with Gasteiger partial charge in [-0.15, -0.1) is 22.7 Å². The molecular weight excluding hydrogens is 452 g/mol. The van der Waals surface area contributed by atoms with Crippen LogP contribution in [0.4, 0.5) is 0 Å². The van der Waals surface area contributed by atoms with Gasteiger partial charge >= 0.3 is 0 Å². The summed E-state index contributed by atoms with van der Waals surface area (Å²) in [5.41, 5.74) is 7.99. The molecule has 0 amide bonds. The fraction of sp³-hybridized carbons (Fsp3) is 0.400. The van der Waals surface area contributed by atoms with Crippen molar-refractivity contribution in [1.82, 2.24) is 9.97 Å². The van der Waals surface area contributed by atoms with E-state index in [-0.39, 0.29) is 10.8 Å². The van der Waals surface area contributed by atoms with E-state index in [1.165, 1.54) is 108 Å². The number of fused-ring (bicyclic) bond motifs is 14. The Morgan fingerprint density at radius 1 is 0.559 bits per heavy atom. The first-order chi connectivity index (χ1) is 16.8. The highest BCUT2D eigenvalue weighted by Gasteiger charge is 2.40. The number of nitrogens with zero attached hydrogens (tertiary/aromatic N) is 2. The molecule has 2 aromatic heterocycles. The number of rotatable bonds is 0. The zero-order chi connectivity index (χ0) is 22.6. The predicted molar refractivity (Wildman–Crippen MR) is 143 cm³/mol. The predicted octanol–water partition coefficient (Wildman–Crippen LogP) is 8.75. The van der Waals surface area contributed by atoms with Crippen molar-refractivity contribution >= 4 is 22.7 Å². The van der Waals surface area contributed by atoms with Crippen LogP contribution >= 0.6 is 22.7 Å². The minimum absolute atomic E-state index is 0.0232. The van der Waals surface area contributed by atoms with Gasteiger partial charge in [-0.1, -0.05) is 74.9 Å². The summed E-state index contributed by atoms with van der Waals surface area (Å²) in [6, 6.07) is 18.6. The molecule has 1 aliphatic heterocycles. The molecule has 0 atom stereocenters. The van der Waals surface area contributed by atoms with Crippen molar-refractivity contribution in [3.63, 3.8) is 0 Å². The highest BCUT2D eigenvalue weighted by atomic mass is 32.1. The maximum absolute atomic E-state index is 5.36. The average Bonchev–Trinajstić information content (AvgIpc) is 3.61. The SMILES string of the molecule is c1cc2cc(c1)C1(CCCCC1)c1csc(n1)-c1cccc(c1)C1(CCCCC1)c1csc-2n1. The summed E-state index contributed by atoms with van der Waals surface area (Å²) in [5, 5.41) is 7.05. The van der Waals surface area contributed by atoms with Crippen molar-refractivity contribution in [3.8, 4) is 21.1 Å². The summed E-state index contributed by atoms with van der Waals surface area (Å²) in [5.74, 6) is 0. The summed E-state index contributed by atoms with van der Waals surface area (Å²) in [7, 11) is 0. The molecule has 2 aliphatic carbocycles. The Labute approximate surface area is 210 Å². The number of thiazole rings is 2. The second kappa shape index (κ2) is 8.13. The standard InChI is InChI=1S/C30H30N2S2/c1-3-13-29(14-4-1)23-11-7-9-21(17-23)28-32-26(20-34-28)30(15-5-2-6-16-30)24-12-8-10-22(18-24)27-31-25(29)19-33-27/h7-12,17-20H,1-6,13-16H2. The average molecular weight is 483 g/mol. The third kappa shape index (κ3) is 3.18. The number of hydrogen-bond acceptors (Lipinski definition) is 4. The first-order valence-corrected chi connectivity index (χ1v) is 14.7. The Kier molecular flexibility index (Phi) is 5.03. The third-order valence-corrected chi connectivity index (χ3v) is 10.5. The highest BCUT2D eigenvalue weighted by molar-refractivity contribution is 7.13. The van der Waals surface area contributed by atoms with E-state index in [4.69, 9.17) is 9.97 Å². The normalized spacial score (nSPS) is 20.2. The lowest BCUT2D eigenvalue weighted by Gasteiger charge is -2.37.